The molecule has 4 rings (SSSR count). The van der Waals surface area contributed by atoms with Crippen LogP contribution in [0.25, 0.3) is 28.6 Å². The molecule has 0 amide bonds. The SMILES string of the molecule is Cc1cc(C(C)CC(=O)O)ccc1-c1noc(-c2cn3cc(C(F)(F)F)cc(Cl)c3n2)n1. The normalized spacial score (nSPS) is 12.9. The summed E-state index contributed by atoms with van der Waals surface area (Å²) in [6.07, 6.45) is -2.32. The van der Waals surface area contributed by atoms with Crippen LogP contribution in [0.2, 0.25) is 5.02 Å². The van der Waals surface area contributed by atoms with Crippen molar-refractivity contribution < 1.29 is 27.6 Å². The molecule has 1 aromatic carbocycles. The van der Waals surface area contributed by atoms with Crippen LogP contribution in [0.3, 0.4) is 0 Å². The molecule has 0 saturated heterocycles. The Balaban J connectivity index is 1.66. The Kier molecular flexibility index (Phi) is 5.41. The number of nitrogens with zero attached hydrogens (tertiary/aromatic N) is 4. The molecule has 0 aliphatic carbocycles. The molecule has 0 aliphatic rings. The number of aromatic nitrogens is 4. The second-order valence-electron chi connectivity index (χ2n) is 7.43. The molecule has 1 atom stereocenters. The molecule has 0 fully saturated rings. The fourth-order valence-electron chi connectivity index (χ4n) is 3.38. The monoisotopic (exact) mass is 464 g/mol. The molecule has 0 aliphatic heterocycles. The van der Waals surface area contributed by atoms with Crippen molar-refractivity contribution in [3.63, 3.8) is 0 Å². The minimum atomic E-state index is -4.55. The highest BCUT2D eigenvalue weighted by atomic mass is 35.5. The van der Waals surface area contributed by atoms with E-state index in [1.165, 1.54) is 6.20 Å². The average Bonchev–Trinajstić information content (AvgIpc) is 3.33. The number of benzene rings is 1. The van der Waals surface area contributed by atoms with Crippen LogP contribution in [0.1, 0.15) is 36.0 Å². The molecule has 3 heterocycles. The number of carboxylic acids is 1. The van der Waals surface area contributed by atoms with E-state index in [9.17, 15) is 18.0 Å². The number of imidazole rings is 1. The van der Waals surface area contributed by atoms with Crippen molar-refractivity contribution in [2.45, 2.75) is 32.4 Å². The summed E-state index contributed by atoms with van der Waals surface area (Å²) in [5, 5.41) is 12.8. The number of carbonyl (C=O) groups is 1. The Morgan fingerprint density at radius 3 is 2.66 bits per heavy atom. The van der Waals surface area contributed by atoms with Crippen LogP contribution >= 0.6 is 11.6 Å². The van der Waals surface area contributed by atoms with Gasteiger partial charge in [-0.05, 0) is 30.0 Å². The molecule has 3 aromatic heterocycles. The number of carboxylic acid groups (broad SMARTS) is 1. The van der Waals surface area contributed by atoms with Crippen LogP contribution in [0, 0.1) is 6.92 Å². The number of aliphatic carboxylic acids is 1. The maximum absolute atomic E-state index is 13.0. The van der Waals surface area contributed by atoms with Gasteiger partial charge >= 0.3 is 12.1 Å². The fraction of sp³-hybridized carbons (Fsp3) is 0.238. The lowest BCUT2D eigenvalue weighted by molar-refractivity contribution is -0.138. The van der Waals surface area contributed by atoms with Crippen LogP contribution in [-0.2, 0) is 11.0 Å². The molecule has 0 radical (unpaired) electrons. The lowest BCUT2D eigenvalue weighted by Crippen LogP contribution is -2.06. The molecule has 0 saturated carbocycles. The number of fused-ring (bicyclic) bond motifs is 1. The zero-order valence-electron chi connectivity index (χ0n) is 16.8. The van der Waals surface area contributed by atoms with Crippen LogP contribution < -0.4 is 0 Å². The van der Waals surface area contributed by atoms with Crippen molar-refractivity contribution in [1.82, 2.24) is 19.5 Å². The van der Waals surface area contributed by atoms with Crippen LogP contribution in [0.15, 0.2) is 41.2 Å². The van der Waals surface area contributed by atoms with Gasteiger partial charge in [0.05, 0.1) is 17.0 Å². The van der Waals surface area contributed by atoms with Crippen molar-refractivity contribution in [2.24, 2.45) is 0 Å². The number of aryl methyl sites for hydroxylation is 1. The third kappa shape index (κ3) is 4.18. The van der Waals surface area contributed by atoms with Gasteiger partial charge in [-0.15, -0.1) is 0 Å². The first-order valence-electron chi connectivity index (χ1n) is 9.45. The Morgan fingerprint density at radius 2 is 2.00 bits per heavy atom. The van der Waals surface area contributed by atoms with Gasteiger partial charge in [-0.3, -0.25) is 4.79 Å². The summed E-state index contributed by atoms with van der Waals surface area (Å²) in [6, 6.07) is 6.24. The Hall–Kier alpha value is -3.40. The second kappa shape index (κ2) is 7.94. The van der Waals surface area contributed by atoms with Crippen LogP contribution in [0.5, 0.6) is 0 Å². The van der Waals surface area contributed by atoms with Gasteiger partial charge in [0.2, 0.25) is 5.82 Å². The van der Waals surface area contributed by atoms with Gasteiger partial charge in [0.15, 0.2) is 5.65 Å². The number of alkyl halides is 3. The molecular formula is C21H16ClF3N4O3. The molecular weight excluding hydrogens is 449 g/mol. The van der Waals surface area contributed by atoms with E-state index in [-0.39, 0.29) is 40.4 Å². The van der Waals surface area contributed by atoms with Gasteiger partial charge in [0, 0.05) is 18.0 Å². The van der Waals surface area contributed by atoms with Crippen LogP contribution in [0.4, 0.5) is 13.2 Å². The molecule has 0 spiro atoms. The van der Waals surface area contributed by atoms with E-state index < -0.39 is 17.7 Å². The summed E-state index contributed by atoms with van der Waals surface area (Å²) in [6.45, 7) is 3.67. The molecule has 4 aromatic rings. The zero-order valence-corrected chi connectivity index (χ0v) is 17.6. The van der Waals surface area contributed by atoms with Gasteiger partial charge in [-0.1, -0.05) is 41.9 Å². The first-order valence-corrected chi connectivity index (χ1v) is 9.83. The maximum atomic E-state index is 13.0. The standard InChI is InChI=1S/C21H16ClF3N4O3/c1-10(6-17(30)31)12-3-4-14(11(2)5-12)18-27-20(32-28-18)16-9-29-8-13(21(23,24)25)7-15(22)19(29)26-16/h3-5,7-10H,6H2,1-2H3,(H,30,31). The molecule has 7 nitrogen and oxygen atoms in total. The third-order valence-electron chi connectivity index (χ3n) is 5.02. The lowest BCUT2D eigenvalue weighted by Gasteiger charge is -2.11. The summed E-state index contributed by atoms with van der Waals surface area (Å²) in [5.41, 5.74) is 1.76. The number of rotatable bonds is 5. The Labute approximate surface area is 184 Å². The van der Waals surface area contributed by atoms with Gasteiger partial charge in [-0.25, -0.2) is 4.98 Å². The highest BCUT2D eigenvalue weighted by molar-refractivity contribution is 6.33. The first-order chi connectivity index (χ1) is 15.0. The summed E-state index contributed by atoms with van der Waals surface area (Å²) in [7, 11) is 0. The molecule has 1 N–H and O–H groups in total. The molecule has 0 bridgehead atoms. The van der Waals surface area contributed by atoms with Crippen LogP contribution in [-0.4, -0.2) is 30.6 Å². The quantitative estimate of drug-likeness (QED) is 0.412. The minimum absolute atomic E-state index is 0.0116. The van der Waals surface area contributed by atoms with Gasteiger partial charge in [0.1, 0.15) is 5.69 Å². The molecule has 11 heteroatoms. The number of hydrogen-bond donors (Lipinski definition) is 1. The second-order valence-corrected chi connectivity index (χ2v) is 7.84. The summed E-state index contributed by atoms with van der Waals surface area (Å²) >= 11 is 5.98. The maximum Gasteiger partial charge on any atom is 0.417 e. The lowest BCUT2D eigenvalue weighted by atomic mass is 9.94. The third-order valence-corrected chi connectivity index (χ3v) is 5.30. The predicted octanol–water partition coefficient (Wildman–Crippen LogP) is 5.61. The first kappa shape index (κ1) is 21.8. The van der Waals surface area contributed by atoms with Crippen molar-refractivity contribution >= 4 is 23.2 Å². The fourth-order valence-corrected chi connectivity index (χ4v) is 3.63. The zero-order chi connectivity index (χ0) is 23.2. The Morgan fingerprint density at radius 1 is 1.25 bits per heavy atom. The highest BCUT2D eigenvalue weighted by Gasteiger charge is 2.32. The molecule has 1 unspecified atom stereocenters. The number of halogens is 4. The van der Waals surface area contributed by atoms with Crippen molar-refractivity contribution in [1.29, 1.82) is 0 Å². The van der Waals surface area contributed by atoms with Crippen molar-refractivity contribution in [3.05, 3.63) is 58.4 Å². The summed E-state index contributed by atoms with van der Waals surface area (Å²) < 4.78 is 45.5. The van der Waals surface area contributed by atoms with Gasteiger partial charge in [0.25, 0.3) is 5.89 Å². The number of pyridine rings is 1. The van der Waals surface area contributed by atoms with E-state index in [2.05, 4.69) is 15.1 Å². The van der Waals surface area contributed by atoms with Crippen molar-refractivity contribution in [2.75, 3.05) is 0 Å². The predicted molar refractivity (Wildman–Crippen MR) is 109 cm³/mol. The molecule has 32 heavy (non-hydrogen) atoms. The van der Waals surface area contributed by atoms with Gasteiger partial charge < -0.3 is 14.0 Å². The highest BCUT2D eigenvalue weighted by Crippen LogP contribution is 2.33. The molecule has 166 valence electrons. The largest absolute Gasteiger partial charge is 0.481 e. The smallest absolute Gasteiger partial charge is 0.417 e. The minimum Gasteiger partial charge on any atom is -0.481 e. The summed E-state index contributed by atoms with van der Waals surface area (Å²) in [4.78, 5) is 19.5. The van der Waals surface area contributed by atoms with E-state index >= 15 is 0 Å². The Bertz CT molecular complexity index is 1330. The van der Waals surface area contributed by atoms with E-state index in [0.717, 1.165) is 27.8 Å². The van der Waals surface area contributed by atoms with E-state index in [4.69, 9.17) is 21.2 Å². The summed E-state index contributed by atoms with van der Waals surface area (Å²) in [5.74, 6) is -0.743. The van der Waals surface area contributed by atoms with E-state index in [1.807, 2.05) is 19.9 Å². The van der Waals surface area contributed by atoms with Gasteiger partial charge in [-0.2, -0.15) is 18.2 Å². The number of hydrogen-bond acceptors (Lipinski definition) is 5. The topological polar surface area (TPSA) is 93.5 Å². The van der Waals surface area contributed by atoms with E-state index in [0.29, 0.717) is 5.56 Å². The average molecular weight is 465 g/mol. The van der Waals surface area contributed by atoms with Crippen molar-refractivity contribution in [3.8, 4) is 23.0 Å². The van der Waals surface area contributed by atoms with E-state index in [1.54, 1.807) is 12.1 Å².